The molecule has 0 aliphatic heterocycles. The molecule has 2 rings (SSSR count). The molecule has 1 aliphatic rings. The maximum Gasteiger partial charge on any atom is 0.191 e. The zero-order valence-electron chi connectivity index (χ0n) is 16.7. The smallest absolute Gasteiger partial charge is 0.191 e. The summed E-state index contributed by atoms with van der Waals surface area (Å²) >= 11 is 1.93. The number of benzene rings is 1. The number of rotatable bonds is 8. The van der Waals surface area contributed by atoms with E-state index >= 15 is 0 Å². The summed E-state index contributed by atoms with van der Waals surface area (Å²) in [5, 5.41) is 7.28. The van der Waals surface area contributed by atoms with Crippen molar-refractivity contribution in [3.05, 3.63) is 35.4 Å². The Bertz CT molecular complexity index is 595. The quantitative estimate of drug-likeness (QED) is 0.233. The van der Waals surface area contributed by atoms with Gasteiger partial charge in [-0.15, -0.1) is 24.0 Å². The molecule has 0 heterocycles. The summed E-state index contributed by atoms with van der Waals surface area (Å²) in [4.78, 5) is 4.35. The minimum atomic E-state index is -0.682. The molecule has 7 heteroatoms. The zero-order valence-corrected chi connectivity index (χ0v) is 20.7. The summed E-state index contributed by atoms with van der Waals surface area (Å²) in [6, 6.07) is 9.13. The third kappa shape index (κ3) is 9.17. The van der Waals surface area contributed by atoms with Crippen molar-refractivity contribution >= 4 is 52.5 Å². The summed E-state index contributed by atoms with van der Waals surface area (Å²) in [5.41, 5.74) is 2.68. The molecule has 1 saturated carbocycles. The van der Waals surface area contributed by atoms with Gasteiger partial charge in [-0.25, -0.2) is 0 Å². The fraction of sp³-hybridized carbons (Fsp3) is 0.650. The van der Waals surface area contributed by atoms with Crippen LogP contribution in [0.15, 0.2) is 29.3 Å². The third-order valence-electron chi connectivity index (χ3n) is 4.78. The predicted molar refractivity (Wildman–Crippen MR) is 132 cm³/mol. The Kier molecular flexibility index (Phi) is 12.7. The van der Waals surface area contributed by atoms with E-state index in [4.69, 9.17) is 0 Å². The molecule has 1 aliphatic carbocycles. The standard InChI is InChI=1S/C20H33N3OS2.HI/c1-4-26(24)19-7-5-6-18(14-19)23-20(21-3)22-12-13-25-15-17-10-8-16(2)9-11-17;/h8-11,18-19H,4-7,12-15H2,1-3H3,(H2,21,22,23);1H. The van der Waals surface area contributed by atoms with Crippen LogP contribution >= 0.6 is 35.7 Å². The Morgan fingerprint density at radius 2 is 2.04 bits per heavy atom. The molecule has 1 aromatic rings. The highest BCUT2D eigenvalue weighted by Crippen LogP contribution is 2.23. The summed E-state index contributed by atoms with van der Waals surface area (Å²) in [6.07, 6.45) is 4.38. The second kappa shape index (κ2) is 13.8. The van der Waals surface area contributed by atoms with Crippen LogP contribution in [-0.4, -0.2) is 46.6 Å². The molecule has 4 nitrogen and oxygen atoms in total. The summed E-state index contributed by atoms with van der Waals surface area (Å²) in [6.45, 7) is 5.03. The van der Waals surface area contributed by atoms with Crippen molar-refractivity contribution in [1.29, 1.82) is 0 Å². The van der Waals surface area contributed by atoms with E-state index in [0.29, 0.717) is 11.3 Å². The number of aryl methyl sites for hydroxylation is 1. The van der Waals surface area contributed by atoms with Crippen LogP contribution in [0.1, 0.15) is 43.7 Å². The van der Waals surface area contributed by atoms with Crippen LogP contribution < -0.4 is 10.6 Å². The lowest BCUT2D eigenvalue weighted by atomic mass is 9.95. The molecule has 3 atom stereocenters. The van der Waals surface area contributed by atoms with E-state index in [0.717, 1.165) is 55.4 Å². The van der Waals surface area contributed by atoms with Gasteiger partial charge in [0.15, 0.2) is 5.96 Å². The van der Waals surface area contributed by atoms with Crippen molar-refractivity contribution in [1.82, 2.24) is 10.6 Å². The van der Waals surface area contributed by atoms with Crippen LogP contribution in [0.2, 0.25) is 0 Å². The molecule has 1 fully saturated rings. The highest BCUT2D eigenvalue weighted by Gasteiger charge is 2.25. The average molecular weight is 524 g/mol. The molecule has 0 saturated heterocycles. The number of halogens is 1. The third-order valence-corrected chi connectivity index (χ3v) is 7.55. The summed E-state index contributed by atoms with van der Waals surface area (Å²) in [5.74, 6) is 3.72. The van der Waals surface area contributed by atoms with Crippen molar-refractivity contribution < 1.29 is 4.21 Å². The van der Waals surface area contributed by atoms with E-state index < -0.39 is 10.8 Å². The minimum Gasteiger partial charge on any atom is -0.356 e. The first-order valence-corrected chi connectivity index (χ1v) is 12.1. The van der Waals surface area contributed by atoms with Crippen molar-refractivity contribution in [2.24, 2.45) is 4.99 Å². The van der Waals surface area contributed by atoms with Gasteiger partial charge >= 0.3 is 0 Å². The molecular formula is C20H34IN3OS2. The Labute approximate surface area is 188 Å². The maximum atomic E-state index is 12.1. The lowest BCUT2D eigenvalue weighted by Crippen LogP contribution is -2.47. The van der Waals surface area contributed by atoms with Crippen molar-refractivity contribution in [2.45, 2.75) is 56.6 Å². The number of thioether (sulfide) groups is 1. The topological polar surface area (TPSA) is 53.5 Å². The number of guanidine groups is 1. The monoisotopic (exact) mass is 523 g/mol. The van der Waals surface area contributed by atoms with Crippen molar-refractivity contribution in [3.8, 4) is 0 Å². The number of nitrogens with one attached hydrogen (secondary N) is 2. The summed E-state index contributed by atoms with van der Waals surface area (Å²) in [7, 11) is 1.14. The van der Waals surface area contributed by atoms with Crippen LogP contribution in [0.5, 0.6) is 0 Å². The van der Waals surface area contributed by atoms with Crippen LogP contribution in [-0.2, 0) is 16.6 Å². The van der Waals surface area contributed by atoms with Gasteiger partial charge in [0.1, 0.15) is 0 Å². The molecule has 27 heavy (non-hydrogen) atoms. The first-order chi connectivity index (χ1) is 12.6. The van der Waals surface area contributed by atoms with E-state index in [1.54, 1.807) is 0 Å². The molecule has 0 radical (unpaired) electrons. The van der Waals surface area contributed by atoms with Gasteiger partial charge in [-0.05, 0) is 31.7 Å². The van der Waals surface area contributed by atoms with Gasteiger partial charge in [0.2, 0.25) is 0 Å². The Morgan fingerprint density at radius 1 is 1.30 bits per heavy atom. The number of hydrogen-bond acceptors (Lipinski definition) is 3. The molecule has 0 bridgehead atoms. The van der Waals surface area contributed by atoms with Gasteiger partial charge in [0.25, 0.3) is 0 Å². The number of aliphatic imine (C=N–C) groups is 1. The highest BCUT2D eigenvalue weighted by atomic mass is 127. The van der Waals surface area contributed by atoms with Crippen LogP contribution in [0, 0.1) is 6.92 Å². The zero-order chi connectivity index (χ0) is 18.8. The summed E-state index contributed by atoms with van der Waals surface area (Å²) < 4.78 is 12.1. The van der Waals surface area contributed by atoms with E-state index in [-0.39, 0.29) is 24.0 Å². The molecule has 154 valence electrons. The Hall–Kier alpha value is -0.280. The molecule has 0 amide bonds. The fourth-order valence-corrected chi connectivity index (χ4v) is 5.42. The minimum absolute atomic E-state index is 0. The first kappa shape index (κ1) is 24.8. The van der Waals surface area contributed by atoms with Crippen LogP contribution in [0.3, 0.4) is 0 Å². The molecule has 2 N–H and O–H groups in total. The van der Waals surface area contributed by atoms with E-state index in [1.165, 1.54) is 11.1 Å². The second-order valence-corrected chi connectivity index (χ2v) is 9.95. The first-order valence-electron chi connectivity index (χ1n) is 9.60. The molecule has 1 aromatic carbocycles. The second-order valence-electron chi connectivity index (χ2n) is 6.84. The van der Waals surface area contributed by atoms with Crippen LogP contribution in [0.4, 0.5) is 0 Å². The molecule has 0 aromatic heterocycles. The fourth-order valence-electron chi connectivity index (χ4n) is 3.25. The molecule has 0 spiro atoms. The van der Waals surface area contributed by atoms with Gasteiger partial charge in [-0.2, -0.15) is 11.8 Å². The van der Waals surface area contributed by atoms with E-state index in [2.05, 4.69) is 46.8 Å². The number of nitrogens with zero attached hydrogens (tertiary/aromatic N) is 1. The highest BCUT2D eigenvalue weighted by molar-refractivity contribution is 14.0. The molecule has 3 unspecified atom stereocenters. The maximum absolute atomic E-state index is 12.1. The Balaban J connectivity index is 0.00000364. The predicted octanol–water partition coefficient (Wildman–Crippen LogP) is 4.09. The van der Waals surface area contributed by atoms with Crippen molar-refractivity contribution in [3.63, 3.8) is 0 Å². The normalized spacial score (nSPS) is 21.2. The van der Waals surface area contributed by atoms with Gasteiger partial charge in [-0.1, -0.05) is 43.2 Å². The Morgan fingerprint density at radius 3 is 2.70 bits per heavy atom. The lowest BCUT2D eigenvalue weighted by Gasteiger charge is -2.30. The van der Waals surface area contributed by atoms with Crippen LogP contribution in [0.25, 0.3) is 0 Å². The van der Waals surface area contributed by atoms with Gasteiger partial charge in [0.05, 0.1) is 0 Å². The van der Waals surface area contributed by atoms with E-state index in [9.17, 15) is 4.21 Å². The van der Waals surface area contributed by atoms with Gasteiger partial charge < -0.3 is 10.6 Å². The average Bonchev–Trinajstić information content (AvgIpc) is 2.67. The number of hydrogen-bond donors (Lipinski definition) is 2. The van der Waals surface area contributed by atoms with E-state index in [1.807, 2.05) is 25.7 Å². The lowest BCUT2D eigenvalue weighted by molar-refractivity contribution is 0.414. The SMILES string of the molecule is CCS(=O)C1CCCC(NC(=NC)NCCSCc2ccc(C)cc2)C1.I. The molecular weight excluding hydrogens is 489 g/mol. The van der Waals surface area contributed by atoms with Crippen molar-refractivity contribution in [2.75, 3.05) is 25.1 Å². The van der Waals surface area contributed by atoms with Gasteiger partial charge in [-0.3, -0.25) is 9.20 Å². The largest absolute Gasteiger partial charge is 0.356 e. The van der Waals surface area contributed by atoms with Gasteiger partial charge in [0, 0.05) is 52.9 Å².